The molecule has 0 fully saturated rings. The van der Waals surface area contributed by atoms with Crippen molar-refractivity contribution in [1.82, 2.24) is 0 Å². The molecule has 0 aromatic heterocycles. The van der Waals surface area contributed by atoms with Gasteiger partial charge in [0, 0.05) is 0 Å². The van der Waals surface area contributed by atoms with E-state index in [-0.39, 0.29) is 42.6 Å². The van der Waals surface area contributed by atoms with Gasteiger partial charge in [0.2, 0.25) is 0 Å². The smallest absolute Gasteiger partial charge is 1.00 e. The minimum atomic E-state index is -0.386. The van der Waals surface area contributed by atoms with Gasteiger partial charge < -0.3 is 37.2 Å². The predicted molar refractivity (Wildman–Crippen MR) is 158 cm³/mol. The average molecular weight is 636 g/mol. The first kappa shape index (κ1) is 35.1. The Hall–Kier alpha value is -2.06. The van der Waals surface area contributed by atoms with Crippen molar-refractivity contribution in [2.75, 3.05) is 0 Å². The van der Waals surface area contributed by atoms with Gasteiger partial charge in [-0.1, -0.05) is 0 Å². The molecule has 0 N–H and O–H groups in total. The van der Waals surface area contributed by atoms with Crippen molar-refractivity contribution in [1.29, 1.82) is 0 Å². The summed E-state index contributed by atoms with van der Waals surface area (Å²) < 4.78 is 1.41. The van der Waals surface area contributed by atoms with Crippen molar-refractivity contribution in [2.24, 2.45) is 0 Å². The molecule has 210 valence electrons. The molecule has 0 nitrogen and oxygen atoms in total. The molecule has 1 aliphatic rings. The molecule has 0 heterocycles. The van der Waals surface area contributed by atoms with E-state index in [9.17, 15) is 0 Å². The molecule has 0 saturated heterocycles. The van der Waals surface area contributed by atoms with Crippen LogP contribution in [0.4, 0.5) is 0 Å². The summed E-state index contributed by atoms with van der Waals surface area (Å²) in [6, 6.07) is 32.5. The van der Waals surface area contributed by atoms with E-state index in [1.165, 1.54) is 70.7 Å². The molecule has 0 unspecified atom stereocenters. The maximum absolute atomic E-state index is 2.45. The van der Waals surface area contributed by atoms with Crippen LogP contribution in [0.15, 0.2) is 106 Å². The van der Waals surface area contributed by atoms with Gasteiger partial charge in [0.25, 0.3) is 0 Å². The average Bonchev–Trinajstić information content (AvgIpc) is 3.19. The number of rotatable bonds is 6. The summed E-state index contributed by atoms with van der Waals surface area (Å²) in [4.78, 5) is 0. The number of aryl methyl sites for hydroxylation is 6. The van der Waals surface area contributed by atoms with Gasteiger partial charge in [0.1, 0.15) is 0 Å². The Kier molecular flexibility index (Phi) is 12.4. The molecule has 0 atom stereocenters. The summed E-state index contributed by atoms with van der Waals surface area (Å²) in [7, 11) is 0. The fraction of sp³-hybridized carbons (Fsp3) is 0.243. The van der Waals surface area contributed by atoms with Crippen molar-refractivity contribution in [2.45, 2.75) is 59.8 Å². The zero-order chi connectivity index (χ0) is 27.0. The molecule has 4 heteroatoms. The molecule has 0 aliphatic heterocycles. The normalized spacial score (nSPS) is 12.7. The molecular weight excluding hydrogens is 599 g/mol. The van der Waals surface area contributed by atoms with E-state index in [0.717, 1.165) is 12.8 Å². The van der Waals surface area contributed by atoms with Crippen LogP contribution in [-0.4, -0.2) is 0 Å². The molecule has 0 amide bonds. The van der Waals surface area contributed by atoms with Gasteiger partial charge in [-0.2, -0.15) is 0 Å². The van der Waals surface area contributed by atoms with Crippen molar-refractivity contribution in [3.63, 3.8) is 0 Å². The van der Waals surface area contributed by atoms with E-state index >= 15 is 0 Å². The Bertz CT molecular complexity index is 1400. The monoisotopic (exact) mass is 634 g/mol. The minimum Gasteiger partial charge on any atom is -1.00 e. The number of halogens is 3. The van der Waals surface area contributed by atoms with Crippen LogP contribution in [0.3, 0.4) is 0 Å². The molecular formula is C37H37Cl3Ti. The number of hydrogen-bond donors (Lipinski definition) is 0. The number of hydrogen-bond acceptors (Lipinski definition) is 0. The van der Waals surface area contributed by atoms with Crippen LogP contribution < -0.4 is 37.2 Å². The van der Waals surface area contributed by atoms with Crippen molar-refractivity contribution in [3.8, 4) is 0 Å². The maximum atomic E-state index is 2.45. The number of benzene rings is 4. The first-order valence-corrected chi connectivity index (χ1v) is 14.4. The van der Waals surface area contributed by atoms with Gasteiger partial charge >= 0.3 is 242 Å². The Balaban J connectivity index is 0.00000196. The minimum absolute atomic E-state index is 0. The quantitative estimate of drug-likeness (QED) is 0.211. The zero-order valence-electron chi connectivity index (χ0n) is 24.7. The third-order valence-corrected chi connectivity index (χ3v) is 8.63. The Labute approximate surface area is 277 Å². The van der Waals surface area contributed by atoms with Gasteiger partial charge in [0.15, 0.2) is 0 Å². The SMILES string of the molecule is Cc1cc(C)cc(C(C2=C(Cc3ccccc3)[C]([Ti+3])=CC2)(c2cc(C)cc(C)c2)c2cc(C)cc(C)c2)c1.[Cl-].[Cl-].[Cl-]. The van der Waals surface area contributed by atoms with Crippen molar-refractivity contribution >= 4 is 0 Å². The van der Waals surface area contributed by atoms with Gasteiger partial charge in [-0.25, -0.2) is 0 Å². The first-order chi connectivity index (χ1) is 18.2. The topological polar surface area (TPSA) is 0 Å². The van der Waals surface area contributed by atoms with E-state index < -0.39 is 0 Å². The molecule has 0 spiro atoms. The first-order valence-electron chi connectivity index (χ1n) is 13.6. The molecule has 41 heavy (non-hydrogen) atoms. The van der Waals surface area contributed by atoms with Crippen LogP contribution in [0, 0.1) is 41.5 Å². The fourth-order valence-corrected chi connectivity index (χ4v) is 7.12. The Morgan fingerprint density at radius 2 is 0.927 bits per heavy atom. The summed E-state index contributed by atoms with van der Waals surface area (Å²) >= 11 is 2.31. The van der Waals surface area contributed by atoms with Gasteiger partial charge in [-0.15, -0.1) is 0 Å². The molecule has 4 aromatic carbocycles. The van der Waals surface area contributed by atoms with Crippen LogP contribution in [0.5, 0.6) is 0 Å². The van der Waals surface area contributed by atoms with E-state index in [1.54, 1.807) is 0 Å². The molecule has 4 aromatic rings. The van der Waals surface area contributed by atoms with E-state index in [0.29, 0.717) is 0 Å². The third-order valence-electron chi connectivity index (χ3n) is 7.84. The second kappa shape index (κ2) is 14.4. The van der Waals surface area contributed by atoms with Crippen LogP contribution in [0.2, 0.25) is 0 Å². The Morgan fingerprint density at radius 3 is 1.29 bits per heavy atom. The molecule has 1 aliphatic carbocycles. The van der Waals surface area contributed by atoms with Crippen LogP contribution in [0.1, 0.15) is 62.1 Å². The van der Waals surface area contributed by atoms with E-state index in [2.05, 4.69) is 153 Å². The standard InChI is InChI=1S/C37H37.3ClH.Ti/c1-25-15-26(2)19-33(18-25)37(34-20-27(3)16-28(4)21-34,35-22-29(5)17-30(6)23-35)36-14-10-13-32(36)24-31-11-8-7-9-12-31;;;;/h7-12,15-23H,14,24H2,1-6H3;3*1H;/q;;;;+3/p-3. The summed E-state index contributed by atoms with van der Waals surface area (Å²) in [5, 5.41) is 0. The van der Waals surface area contributed by atoms with Gasteiger partial charge in [-0.3, -0.25) is 0 Å². The van der Waals surface area contributed by atoms with Gasteiger partial charge in [0.05, 0.1) is 0 Å². The molecule has 0 radical (unpaired) electrons. The molecule has 0 saturated carbocycles. The van der Waals surface area contributed by atoms with Crippen molar-refractivity contribution < 1.29 is 57.7 Å². The maximum Gasteiger partial charge on any atom is -1.00 e. The van der Waals surface area contributed by atoms with Crippen LogP contribution in [-0.2, 0) is 32.3 Å². The summed E-state index contributed by atoms with van der Waals surface area (Å²) in [6.07, 6.45) is 4.36. The van der Waals surface area contributed by atoms with Crippen LogP contribution >= 0.6 is 0 Å². The summed E-state index contributed by atoms with van der Waals surface area (Å²) in [6.45, 7) is 13.4. The zero-order valence-corrected chi connectivity index (χ0v) is 28.5. The largest absolute Gasteiger partial charge is 1.00 e. The predicted octanol–water partition coefficient (Wildman–Crippen LogP) is 0.257. The summed E-state index contributed by atoms with van der Waals surface area (Å²) in [5.41, 5.74) is 15.9. The third kappa shape index (κ3) is 7.13. The number of allylic oxidation sites excluding steroid dienone is 4. The van der Waals surface area contributed by atoms with E-state index in [1.807, 2.05) is 0 Å². The van der Waals surface area contributed by atoms with Gasteiger partial charge in [-0.05, 0) is 0 Å². The van der Waals surface area contributed by atoms with Crippen molar-refractivity contribution in [3.05, 3.63) is 162 Å². The second-order valence-electron chi connectivity index (χ2n) is 11.3. The summed E-state index contributed by atoms with van der Waals surface area (Å²) in [5.74, 6) is 0. The fourth-order valence-electron chi connectivity index (χ4n) is 6.59. The van der Waals surface area contributed by atoms with E-state index in [4.69, 9.17) is 0 Å². The van der Waals surface area contributed by atoms with Crippen LogP contribution in [0.25, 0.3) is 0 Å². The molecule has 5 rings (SSSR count). The Morgan fingerprint density at radius 1 is 0.561 bits per heavy atom. The second-order valence-corrected chi connectivity index (χ2v) is 12.2. The molecule has 0 bridgehead atoms.